The van der Waals surface area contributed by atoms with Crippen molar-refractivity contribution < 1.29 is 9.90 Å². The number of rotatable bonds is 1. The van der Waals surface area contributed by atoms with E-state index in [2.05, 4.69) is 0 Å². The minimum absolute atomic E-state index is 0.571. The van der Waals surface area contributed by atoms with Crippen LogP contribution in [0.4, 0.5) is 0 Å². The Morgan fingerprint density at radius 3 is 3.08 bits per heavy atom. The van der Waals surface area contributed by atoms with Gasteiger partial charge < -0.3 is 5.11 Å². The molecule has 2 aliphatic carbocycles. The van der Waals surface area contributed by atoms with Gasteiger partial charge in [-0.2, -0.15) is 0 Å². The van der Waals surface area contributed by atoms with Gasteiger partial charge in [-0.3, -0.25) is 4.79 Å². The highest BCUT2D eigenvalue weighted by molar-refractivity contribution is 5.77. The minimum Gasteiger partial charge on any atom is -0.481 e. The topological polar surface area (TPSA) is 37.3 Å². The Morgan fingerprint density at radius 1 is 1.69 bits per heavy atom. The monoisotopic (exact) mass is 180 g/mol. The van der Waals surface area contributed by atoms with Crippen molar-refractivity contribution in [2.24, 2.45) is 11.3 Å². The molecule has 0 amide bonds. The predicted molar refractivity (Wildman–Crippen MR) is 50.4 cm³/mol. The van der Waals surface area contributed by atoms with Gasteiger partial charge in [-0.1, -0.05) is 11.6 Å². The van der Waals surface area contributed by atoms with E-state index in [1.807, 2.05) is 13.0 Å². The normalized spacial score (nSPS) is 38.2. The number of allylic oxidation sites excluding steroid dienone is 1. The van der Waals surface area contributed by atoms with Crippen LogP contribution in [0.25, 0.3) is 0 Å². The summed E-state index contributed by atoms with van der Waals surface area (Å²) in [5, 5.41) is 9.11. The first-order chi connectivity index (χ1) is 6.10. The van der Waals surface area contributed by atoms with Crippen molar-refractivity contribution in [2.45, 2.75) is 39.0 Å². The standard InChI is InChI=1S/C11H16O2/c1-11(10(12)13)6-8-3-2-4-9(5-8)7-11/h6,9H,2-5,7H2,1H3,(H,12,13). The average molecular weight is 180 g/mol. The zero-order chi connectivity index (χ0) is 9.47. The molecular formula is C11H16O2. The molecule has 0 radical (unpaired) electrons. The lowest BCUT2D eigenvalue weighted by Crippen LogP contribution is -2.33. The summed E-state index contributed by atoms with van der Waals surface area (Å²) in [5.41, 5.74) is 0.811. The first-order valence-corrected chi connectivity index (χ1v) is 5.04. The molecule has 2 unspecified atom stereocenters. The van der Waals surface area contributed by atoms with Crippen LogP contribution in [0.2, 0.25) is 0 Å². The molecule has 1 saturated carbocycles. The van der Waals surface area contributed by atoms with E-state index < -0.39 is 11.4 Å². The van der Waals surface area contributed by atoms with Crippen molar-refractivity contribution >= 4 is 5.97 Å². The number of hydrogen-bond acceptors (Lipinski definition) is 1. The van der Waals surface area contributed by atoms with Crippen molar-refractivity contribution in [3.8, 4) is 0 Å². The number of carboxylic acid groups (broad SMARTS) is 1. The van der Waals surface area contributed by atoms with Gasteiger partial charge in [0.1, 0.15) is 0 Å². The molecular weight excluding hydrogens is 164 g/mol. The van der Waals surface area contributed by atoms with E-state index in [4.69, 9.17) is 5.11 Å². The molecule has 0 aromatic carbocycles. The Kier molecular flexibility index (Phi) is 1.94. The lowest BCUT2D eigenvalue weighted by Gasteiger charge is -2.36. The predicted octanol–water partition coefficient (Wildman–Crippen LogP) is 2.60. The first kappa shape index (κ1) is 8.79. The highest BCUT2D eigenvalue weighted by Crippen LogP contribution is 2.44. The number of aliphatic carboxylic acids is 1. The second kappa shape index (κ2) is 2.86. The van der Waals surface area contributed by atoms with Crippen LogP contribution < -0.4 is 0 Å². The van der Waals surface area contributed by atoms with E-state index in [1.165, 1.54) is 18.4 Å². The van der Waals surface area contributed by atoms with Gasteiger partial charge in [-0.25, -0.2) is 0 Å². The SMILES string of the molecule is CC1(C(=O)O)C=C2CCCC(C2)C1. The molecule has 0 heterocycles. The minimum atomic E-state index is -0.656. The molecule has 0 spiro atoms. The molecule has 2 atom stereocenters. The third-order valence-electron chi connectivity index (χ3n) is 3.39. The molecule has 0 aromatic rings. The maximum atomic E-state index is 11.1. The van der Waals surface area contributed by atoms with E-state index in [0.717, 1.165) is 19.3 Å². The first-order valence-electron chi connectivity index (χ1n) is 5.04. The van der Waals surface area contributed by atoms with Crippen LogP contribution in [0.15, 0.2) is 11.6 Å². The summed E-state index contributed by atoms with van der Waals surface area (Å²) in [5.74, 6) is -0.0218. The van der Waals surface area contributed by atoms with Gasteiger partial charge in [0.15, 0.2) is 0 Å². The Balaban J connectivity index is 2.29. The van der Waals surface area contributed by atoms with E-state index in [1.54, 1.807) is 0 Å². The van der Waals surface area contributed by atoms with Gasteiger partial charge in [-0.15, -0.1) is 0 Å². The summed E-state index contributed by atoms with van der Waals surface area (Å²) >= 11 is 0. The van der Waals surface area contributed by atoms with Gasteiger partial charge in [-0.05, 0) is 44.9 Å². The summed E-state index contributed by atoms with van der Waals surface area (Å²) in [7, 11) is 0. The molecule has 2 rings (SSSR count). The van der Waals surface area contributed by atoms with Crippen LogP contribution in [0.3, 0.4) is 0 Å². The number of hydrogen-bond donors (Lipinski definition) is 1. The zero-order valence-corrected chi connectivity index (χ0v) is 8.05. The highest BCUT2D eigenvalue weighted by atomic mass is 16.4. The van der Waals surface area contributed by atoms with E-state index in [-0.39, 0.29) is 0 Å². The maximum absolute atomic E-state index is 11.1. The zero-order valence-electron chi connectivity index (χ0n) is 8.05. The fourth-order valence-corrected chi connectivity index (χ4v) is 2.76. The Labute approximate surface area is 78.6 Å². The molecule has 2 bridgehead atoms. The Bertz CT molecular complexity index is 267. The van der Waals surface area contributed by atoms with Crippen LogP contribution in [-0.2, 0) is 4.79 Å². The van der Waals surface area contributed by atoms with Gasteiger partial charge >= 0.3 is 5.97 Å². The molecule has 0 aliphatic heterocycles. The second-order valence-corrected chi connectivity index (χ2v) is 4.69. The van der Waals surface area contributed by atoms with E-state index in [0.29, 0.717) is 5.92 Å². The fourth-order valence-electron chi connectivity index (χ4n) is 2.76. The summed E-state index contributed by atoms with van der Waals surface area (Å²) in [6, 6.07) is 0. The highest BCUT2D eigenvalue weighted by Gasteiger charge is 2.38. The van der Waals surface area contributed by atoms with Crippen molar-refractivity contribution in [1.29, 1.82) is 0 Å². The van der Waals surface area contributed by atoms with Crippen LogP contribution in [0.1, 0.15) is 39.0 Å². The van der Waals surface area contributed by atoms with Crippen LogP contribution >= 0.6 is 0 Å². The third-order valence-corrected chi connectivity index (χ3v) is 3.39. The van der Waals surface area contributed by atoms with E-state index >= 15 is 0 Å². The molecule has 2 heteroatoms. The van der Waals surface area contributed by atoms with Gasteiger partial charge in [0.2, 0.25) is 0 Å². The smallest absolute Gasteiger partial charge is 0.313 e. The Hall–Kier alpha value is -0.790. The summed E-state index contributed by atoms with van der Waals surface area (Å²) in [6.07, 6.45) is 7.60. The second-order valence-electron chi connectivity index (χ2n) is 4.69. The summed E-state index contributed by atoms with van der Waals surface area (Å²) < 4.78 is 0. The van der Waals surface area contributed by atoms with Crippen molar-refractivity contribution in [3.05, 3.63) is 11.6 Å². The van der Waals surface area contributed by atoms with Crippen LogP contribution in [-0.4, -0.2) is 11.1 Å². The number of carbonyl (C=O) groups is 1. The molecule has 1 fully saturated rings. The fraction of sp³-hybridized carbons (Fsp3) is 0.727. The maximum Gasteiger partial charge on any atom is 0.313 e. The number of fused-ring (bicyclic) bond motifs is 2. The van der Waals surface area contributed by atoms with Crippen molar-refractivity contribution in [1.82, 2.24) is 0 Å². The summed E-state index contributed by atoms with van der Waals surface area (Å²) in [4.78, 5) is 11.1. The molecule has 0 saturated heterocycles. The van der Waals surface area contributed by atoms with Gasteiger partial charge in [0.25, 0.3) is 0 Å². The molecule has 72 valence electrons. The van der Waals surface area contributed by atoms with Crippen LogP contribution in [0, 0.1) is 11.3 Å². The average Bonchev–Trinajstić information content (AvgIpc) is 2.02. The molecule has 2 nitrogen and oxygen atoms in total. The lowest BCUT2D eigenvalue weighted by atomic mass is 9.68. The number of carboxylic acids is 1. The van der Waals surface area contributed by atoms with E-state index in [9.17, 15) is 4.79 Å². The third kappa shape index (κ3) is 1.50. The van der Waals surface area contributed by atoms with Gasteiger partial charge in [0.05, 0.1) is 5.41 Å². The quantitative estimate of drug-likeness (QED) is 0.630. The largest absolute Gasteiger partial charge is 0.481 e. The summed E-state index contributed by atoms with van der Waals surface area (Å²) in [6.45, 7) is 1.85. The van der Waals surface area contributed by atoms with Gasteiger partial charge in [0, 0.05) is 0 Å². The Morgan fingerprint density at radius 2 is 2.46 bits per heavy atom. The molecule has 0 aromatic heterocycles. The van der Waals surface area contributed by atoms with Crippen molar-refractivity contribution in [2.75, 3.05) is 0 Å². The van der Waals surface area contributed by atoms with Crippen molar-refractivity contribution in [3.63, 3.8) is 0 Å². The molecule has 1 N–H and O–H groups in total. The lowest BCUT2D eigenvalue weighted by molar-refractivity contribution is -0.146. The van der Waals surface area contributed by atoms with Crippen LogP contribution in [0.5, 0.6) is 0 Å². The molecule has 2 aliphatic rings. The molecule has 13 heavy (non-hydrogen) atoms.